The van der Waals surface area contributed by atoms with Crippen LogP contribution in [0.3, 0.4) is 0 Å². The van der Waals surface area contributed by atoms with Gasteiger partial charge in [0.25, 0.3) is 0 Å². The van der Waals surface area contributed by atoms with E-state index < -0.39 is 20.6 Å². The van der Waals surface area contributed by atoms with Crippen LogP contribution in [-0.2, 0) is 20.6 Å². The SMILES string of the molecule is CCS(=O)CCNc1ncccc1S(C)(=O)=O. The van der Waals surface area contributed by atoms with Gasteiger partial charge in [-0.05, 0) is 12.1 Å². The second kappa shape index (κ2) is 6.11. The topological polar surface area (TPSA) is 76.1 Å². The van der Waals surface area contributed by atoms with E-state index in [-0.39, 0.29) is 4.90 Å². The van der Waals surface area contributed by atoms with Crippen LogP contribution in [0.4, 0.5) is 5.82 Å². The summed E-state index contributed by atoms with van der Waals surface area (Å²) in [5.41, 5.74) is 0. The van der Waals surface area contributed by atoms with Crippen LogP contribution < -0.4 is 5.32 Å². The molecule has 1 atom stereocenters. The molecule has 96 valence electrons. The highest BCUT2D eigenvalue weighted by Crippen LogP contribution is 2.17. The first kappa shape index (κ1) is 14.1. The maximum absolute atomic E-state index is 11.5. The summed E-state index contributed by atoms with van der Waals surface area (Å²) in [6, 6.07) is 3.08. The van der Waals surface area contributed by atoms with Crippen LogP contribution in [0.2, 0.25) is 0 Å². The van der Waals surface area contributed by atoms with Crippen molar-refractivity contribution in [3.05, 3.63) is 18.3 Å². The van der Waals surface area contributed by atoms with Crippen molar-refractivity contribution in [1.82, 2.24) is 4.98 Å². The Balaban J connectivity index is 2.75. The smallest absolute Gasteiger partial charge is 0.179 e. The Hall–Kier alpha value is -0.950. The standard InChI is InChI=1S/C10H16N2O3S2/c1-3-16(13)8-7-12-10-9(17(2,14)15)5-4-6-11-10/h4-6H,3,7-8H2,1-2H3,(H,11,12). The second-order valence-corrected chi connectivity index (χ2v) is 7.33. The van der Waals surface area contributed by atoms with Crippen LogP contribution in [0.15, 0.2) is 23.2 Å². The number of hydrogen-bond acceptors (Lipinski definition) is 5. The quantitative estimate of drug-likeness (QED) is 0.826. The van der Waals surface area contributed by atoms with Gasteiger partial charge in [-0.2, -0.15) is 0 Å². The van der Waals surface area contributed by atoms with Crippen molar-refractivity contribution < 1.29 is 12.6 Å². The Morgan fingerprint density at radius 2 is 2.18 bits per heavy atom. The Morgan fingerprint density at radius 3 is 2.76 bits per heavy atom. The maximum Gasteiger partial charge on any atom is 0.179 e. The molecule has 0 aliphatic heterocycles. The fourth-order valence-electron chi connectivity index (χ4n) is 1.25. The summed E-state index contributed by atoms with van der Waals surface area (Å²) in [7, 11) is -4.16. The molecule has 1 heterocycles. The zero-order valence-electron chi connectivity index (χ0n) is 9.84. The molecule has 0 saturated carbocycles. The molecule has 0 amide bonds. The molecule has 0 fully saturated rings. The molecule has 5 nitrogen and oxygen atoms in total. The third-order valence-electron chi connectivity index (χ3n) is 2.11. The van der Waals surface area contributed by atoms with E-state index in [1.54, 1.807) is 6.07 Å². The van der Waals surface area contributed by atoms with E-state index in [4.69, 9.17) is 0 Å². The predicted octanol–water partition coefficient (Wildman–Crippen LogP) is 0.666. The Labute approximate surface area is 104 Å². The van der Waals surface area contributed by atoms with Crippen molar-refractivity contribution in [3.63, 3.8) is 0 Å². The number of nitrogens with zero attached hydrogens (tertiary/aromatic N) is 1. The Kier molecular flexibility index (Phi) is 5.07. The largest absolute Gasteiger partial charge is 0.368 e. The summed E-state index contributed by atoms with van der Waals surface area (Å²) < 4.78 is 34.2. The van der Waals surface area contributed by atoms with Crippen molar-refractivity contribution in [2.75, 3.05) is 29.6 Å². The first-order chi connectivity index (χ1) is 7.95. The minimum absolute atomic E-state index is 0.169. The molecule has 1 aromatic heterocycles. The number of anilines is 1. The van der Waals surface area contributed by atoms with Gasteiger partial charge in [0.1, 0.15) is 10.7 Å². The number of sulfone groups is 1. The van der Waals surface area contributed by atoms with Crippen molar-refractivity contribution in [1.29, 1.82) is 0 Å². The molecule has 7 heteroatoms. The molecule has 1 N–H and O–H groups in total. The van der Waals surface area contributed by atoms with E-state index in [2.05, 4.69) is 10.3 Å². The molecule has 1 unspecified atom stereocenters. The van der Waals surface area contributed by atoms with Crippen LogP contribution in [0.25, 0.3) is 0 Å². The number of nitrogens with one attached hydrogen (secondary N) is 1. The zero-order valence-corrected chi connectivity index (χ0v) is 11.5. The fourth-order valence-corrected chi connectivity index (χ4v) is 2.67. The summed E-state index contributed by atoms with van der Waals surface area (Å²) in [4.78, 5) is 4.15. The lowest BCUT2D eigenvalue weighted by Crippen LogP contribution is -2.15. The van der Waals surface area contributed by atoms with Crippen LogP contribution in [0, 0.1) is 0 Å². The van der Waals surface area contributed by atoms with Gasteiger partial charge in [0, 0.05) is 41.3 Å². The molecule has 0 aliphatic carbocycles. The Morgan fingerprint density at radius 1 is 1.47 bits per heavy atom. The molecule has 1 rings (SSSR count). The molecule has 17 heavy (non-hydrogen) atoms. The van der Waals surface area contributed by atoms with E-state index in [0.29, 0.717) is 23.9 Å². The maximum atomic E-state index is 11.5. The third-order valence-corrected chi connectivity index (χ3v) is 4.55. The van der Waals surface area contributed by atoms with Gasteiger partial charge in [0.15, 0.2) is 9.84 Å². The van der Waals surface area contributed by atoms with Crippen molar-refractivity contribution in [2.45, 2.75) is 11.8 Å². The van der Waals surface area contributed by atoms with Gasteiger partial charge in [-0.25, -0.2) is 13.4 Å². The van der Waals surface area contributed by atoms with Gasteiger partial charge in [0.2, 0.25) is 0 Å². The molecule has 0 saturated heterocycles. The number of pyridine rings is 1. The highest BCUT2D eigenvalue weighted by atomic mass is 32.2. The minimum atomic E-state index is -3.29. The van der Waals surface area contributed by atoms with Crippen molar-refractivity contribution >= 4 is 26.5 Å². The molecular weight excluding hydrogens is 260 g/mol. The van der Waals surface area contributed by atoms with Crippen LogP contribution in [-0.4, -0.2) is 41.9 Å². The normalized spacial score (nSPS) is 13.3. The zero-order chi connectivity index (χ0) is 12.9. The van der Waals surface area contributed by atoms with Gasteiger partial charge in [0.05, 0.1) is 0 Å². The summed E-state index contributed by atoms with van der Waals surface area (Å²) >= 11 is 0. The van der Waals surface area contributed by atoms with Crippen molar-refractivity contribution in [2.24, 2.45) is 0 Å². The lowest BCUT2D eigenvalue weighted by molar-refractivity contribution is 0.602. The molecule has 0 bridgehead atoms. The number of hydrogen-bond donors (Lipinski definition) is 1. The molecule has 0 aromatic carbocycles. The number of rotatable bonds is 6. The molecule has 0 radical (unpaired) electrons. The monoisotopic (exact) mass is 276 g/mol. The van der Waals surface area contributed by atoms with E-state index in [9.17, 15) is 12.6 Å². The van der Waals surface area contributed by atoms with E-state index in [1.807, 2.05) is 6.92 Å². The predicted molar refractivity (Wildman–Crippen MR) is 69.4 cm³/mol. The Bertz CT molecular complexity index is 500. The molecule has 0 spiro atoms. The highest BCUT2D eigenvalue weighted by molar-refractivity contribution is 7.90. The van der Waals surface area contributed by atoms with Gasteiger partial charge in [-0.3, -0.25) is 4.21 Å². The van der Waals surface area contributed by atoms with Gasteiger partial charge in [-0.15, -0.1) is 0 Å². The first-order valence-electron chi connectivity index (χ1n) is 5.19. The summed E-state index contributed by atoms with van der Waals surface area (Å²) in [6.07, 6.45) is 2.66. The van der Waals surface area contributed by atoms with Crippen LogP contribution >= 0.6 is 0 Å². The minimum Gasteiger partial charge on any atom is -0.368 e. The summed E-state index contributed by atoms with van der Waals surface area (Å²) in [6.45, 7) is 2.29. The van der Waals surface area contributed by atoms with E-state index >= 15 is 0 Å². The molecule has 1 aromatic rings. The van der Waals surface area contributed by atoms with Crippen molar-refractivity contribution in [3.8, 4) is 0 Å². The first-order valence-corrected chi connectivity index (χ1v) is 8.57. The summed E-state index contributed by atoms with van der Waals surface area (Å²) in [5, 5.41) is 2.90. The van der Waals surface area contributed by atoms with Crippen LogP contribution in [0.1, 0.15) is 6.92 Å². The van der Waals surface area contributed by atoms with Crippen LogP contribution in [0.5, 0.6) is 0 Å². The average molecular weight is 276 g/mol. The van der Waals surface area contributed by atoms with Gasteiger partial charge in [-0.1, -0.05) is 6.92 Å². The molecule has 0 aliphatic rings. The van der Waals surface area contributed by atoms with Gasteiger partial charge >= 0.3 is 0 Å². The van der Waals surface area contributed by atoms with E-state index in [1.165, 1.54) is 12.3 Å². The third kappa shape index (κ3) is 4.43. The van der Waals surface area contributed by atoms with E-state index in [0.717, 1.165) is 6.26 Å². The lowest BCUT2D eigenvalue weighted by atomic mass is 10.4. The fraction of sp³-hybridized carbons (Fsp3) is 0.500. The lowest BCUT2D eigenvalue weighted by Gasteiger charge is -2.08. The summed E-state index contributed by atoms with van der Waals surface area (Å²) in [5.74, 6) is 1.40. The second-order valence-electron chi connectivity index (χ2n) is 3.48. The van der Waals surface area contributed by atoms with Gasteiger partial charge < -0.3 is 5.32 Å². The highest BCUT2D eigenvalue weighted by Gasteiger charge is 2.13. The number of aromatic nitrogens is 1. The molecular formula is C10H16N2O3S2. The average Bonchev–Trinajstić information content (AvgIpc) is 2.28.